The fourth-order valence-electron chi connectivity index (χ4n) is 1.73. The van der Waals surface area contributed by atoms with Crippen molar-refractivity contribution in [3.8, 4) is 0 Å². The SMILES string of the molecule is O=C(OCC(O)c1ccccc1)c1ccc([N+](=O)[O-])cc1. The minimum absolute atomic E-state index is 0.101. The van der Waals surface area contributed by atoms with Crippen molar-refractivity contribution in [3.63, 3.8) is 0 Å². The number of nitro benzene ring substituents is 1. The van der Waals surface area contributed by atoms with E-state index in [1.165, 1.54) is 24.3 Å². The van der Waals surface area contributed by atoms with Gasteiger partial charge in [0.1, 0.15) is 12.7 Å². The quantitative estimate of drug-likeness (QED) is 0.518. The maximum Gasteiger partial charge on any atom is 0.338 e. The fourth-order valence-corrected chi connectivity index (χ4v) is 1.73. The van der Waals surface area contributed by atoms with Gasteiger partial charge in [-0.1, -0.05) is 30.3 Å². The summed E-state index contributed by atoms with van der Waals surface area (Å²) in [6.45, 7) is -0.181. The van der Waals surface area contributed by atoms with Gasteiger partial charge in [0.15, 0.2) is 0 Å². The Kier molecular flexibility index (Phi) is 4.63. The molecule has 0 saturated heterocycles. The number of ether oxygens (including phenoxy) is 1. The van der Waals surface area contributed by atoms with E-state index in [4.69, 9.17) is 4.74 Å². The average molecular weight is 287 g/mol. The summed E-state index contributed by atoms with van der Waals surface area (Å²) in [5.41, 5.74) is 0.741. The summed E-state index contributed by atoms with van der Waals surface area (Å²) >= 11 is 0. The monoisotopic (exact) mass is 287 g/mol. The van der Waals surface area contributed by atoms with Crippen LogP contribution in [0.1, 0.15) is 22.0 Å². The molecule has 108 valence electrons. The molecule has 0 radical (unpaired) electrons. The van der Waals surface area contributed by atoms with Gasteiger partial charge in [-0.2, -0.15) is 0 Å². The van der Waals surface area contributed by atoms with E-state index in [-0.39, 0.29) is 17.9 Å². The van der Waals surface area contributed by atoms with Crippen LogP contribution in [0, 0.1) is 10.1 Å². The highest BCUT2D eigenvalue weighted by molar-refractivity contribution is 5.89. The van der Waals surface area contributed by atoms with Gasteiger partial charge in [0, 0.05) is 12.1 Å². The topological polar surface area (TPSA) is 89.7 Å². The van der Waals surface area contributed by atoms with Crippen LogP contribution in [0.15, 0.2) is 54.6 Å². The highest BCUT2D eigenvalue weighted by Gasteiger charge is 2.13. The van der Waals surface area contributed by atoms with Crippen molar-refractivity contribution in [1.29, 1.82) is 0 Å². The second-order valence-electron chi connectivity index (χ2n) is 4.33. The Balaban J connectivity index is 1.94. The van der Waals surface area contributed by atoms with Crippen molar-refractivity contribution < 1.29 is 19.6 Å². The van der Waals surface area contributed by atoms with Crippen LogP contribution in [-0.2, 0) is 4.74 Å². The molecule has 0 fully saturated rings. The van der Waals surface area contributed by atoms with Gasteiger partial charge in [0.05, 0.1) is 10.5 Å². The molecule has 0 amide bonds. The first kappa shape index (κ1) is 14.7. The van der Waals surface area contributed by atoms with E-state index in [1.54, 1.807) is 24.3 Å². The number of esters is 1. The Hall–Kier alpha value is -2.73. The first-order chi connectivity index (χ1) is 10.1. The predicted molar refractivity (Wildman–Crippen MR) is 74.8 cm³/mol. The molecule has 0 aliphatic heterocycles. The van der Waals surface area contributed by atoms with Gasteiger partial charge in [-0.3, -0.25) is 10.1 Å². The lowest BCUT2D eigenvalue weighted by Crippen LogP contribution is -2.12. The zero-order chi connectivity index (χ0) is 15.2. The first-order valence-corrected chi connectivity index (χ1v) is 6.22. The van der Waals surface area contributed by atoms with E-state index >= 15 is 0 Å². The lowest BCUT2D eigenvalue weighted by atomic mass is 10.1. The molecule has 0 aliphatic carbocycles. The number of hydrogen-bond acceptors (Lipinski definition) is 5. The number of non-ortho nitro benzene ring substituents is 1. The molecule has 0 spiro atoms. The number of rotatable bonds is 5. The molecule has 2 aromatic rings. The standard InChI is InChI=1S/C15H13NO5/c17-14(11-4-2-1-3-5-11)10-21-15(18)12-6-8-13(9-7-12)16(19)20/h1-9,14,17H,10H2. The van der Waals surface area contributed by atoms with Crippen molar-refractivity contribution in [3.05, 3.63) is 75.8 Å². The van der Waals surface area contributed by atoms with Crippen LogP contribution in [-0.4, -0.2) is 22.6 Å². The Bertz CT molecular complexity index is 624. The number of aliphatic hydroxyl groups excluding tert-OH is 1. The van der Waals surface area contributed by atoms with Gasteiger partial charge in [-0.15, -0.1) is 0 Å². The normalized spacial score (nSPS) is 11.7. The zero-order valence-corrected chi connectivity index (χ0v) is 11.0. The molecule has 1 unspecified atom stereocenters. The number of benzene rings is 2. The fraction of sp³-hybridized carbons (Fsp3) is 0.133. The summed E-state index contributed by atoms with van der Waals surface area (Å²) in [6, 6.07) is 13.9. The summed E-state index contributed by atoms with van der Waals surface area (Å²) in [4.78, 5) is 21.7. The molecule has 0 aromatic heterocycles. The Morgan fingerprint density at radius 3 is 2.33 bits per heavy atom. The molecule has 0 bridgehead atoms. The second-order valence-corrected chi connectivity index (χ2v) is 4.33. The van der Waals surface area contributed by atoms with Crippen LogP contribution < -0.4 is 0 Å². The highest BCUT2D eigenvalue weighted by Crippen LogP contribution is 2.15. The molecule has 21 heavy (non-hydrogen) atoms. The van der Waals surface area contributed by atoms with Crippen molar-refractivity contribution >= 4 is 11.7 Å². The molecule has 6 nitrogen and oxygen atoms in total. The second kappa shape index (κ2) is 6.62. The number of hydrogen-bond donors (Lipinski definition) is 1. The summed E-state index contributed by atoms with van der Waals surface area (Å²) in [5, 5.41) is 20.4. The first-order valence-electron chi connectivity index (χ1n) is 6.22. The third-order valence-corrected chi connectivity index (χ3v) is 2.87. The Morgan fingerprint density at radius 1 is 1.14 bits per heavy atom. The number of nitro groups is 1. The molecule has 2 rings (SSSR count). The smallest absolute Gasteiger partial charge is 0.338 e. The zero-order valence-electron chi connectivity index (χ0n) is 11.0. The number of aliphatic hydroxyl groups is 1. The minimum atomic E-state index is -0.909. The van der Waals surface area contributed by atoms with Gasteiger partial charge >= 0.3 is 5.97 Å². The van der Waals surface area contributed by atoms with Crippen LogP contribution in [0.2, 0.25) is 0 Å². The Morgan fingerprint density at radius 2 is 1.76 bits per heavy atom. The molecular weight excluding hydrogens is 274 g/mol. The molecule has 0 aliphatic rings. The summed E-state index contributed by atoms with van der Waals surface area (Å²) < 4.78 is 4.99. The van der Waals surface area contributed by atoms with Crippen molar-refractivity contribution in [1.82, 2.24) is 0 Å². The molecule has 0 saturated carbocycles. The largest absolute Gasteiger partial charge is 0.459 e. The highest BCUT2D eigenvalue weighted by atomic mass is 16.6. The van der Waals surface area contributed by atoms with Crippen molar-refractivity contribution in [2.45, 2.75) is 6.10 Å². The number of carbonyl (C=O) groups excluding carboxylic acids is 1. The van der Waals surface area contributed by atoms with Crippen LogP contribution in [0.25, 0.3) is 0 Å². The van der Waals surface area contributed by atoms with E-state index in [2.05, 4.69) is 0 Å². The van der Waals surface area contributed by atoms with Gasteiger partial charge in [-0.25, -0.2) is 4.79 Å². The molecule has 2 aromatic carbocycles. The van der Waals surface area contributed by atoms with Gasteiger partial charge in [-0.05, 0) is 17.7 Å². The van der Waals surface area contributed by atoms with Crippen molar-refractivity contribution in [2.75, 3.05) is 6.61 Å². The number of carbonyl (C=O) groups is 1. The average Bonchev–Trinajstić information content (AvgIpc) is 2.53. The third kappa shape index (κ3) is 3.87. The Labute approximate surface area is 120 Å². The lowest BCUT2D eigenvalue weighted by molar-refractivity contribution is -0.384. The summed E-state index contributed by atoms with van der Waals surface area (Å²) in [6.07, 6.45) is -0.909. The van der Waals surface area contributed by atoms with E-state index < -0.39 is 17.0 Å². The number of nitrogens with zero attached hydrogens (tertiary/aromatic N) is 1. The van der Waals surface area contributed by atoms with E-state index in [1.807, 2.05) is 6.07 Å². The van der Waals surface area contributed by atoms with Crippen LogP contribution in [0.5, 0.6) is 0 Å². The predicted octanol–water partition coefficient (Wildman–Crippen LogP) is 2.49. The van der Waals surface area contributed by atoms with E-state index in [0.717, 1.165) is 0 Å². The lowest BCUT2D eigenvalue weighted by Gasteiger charge is -2.11. The third-order valence-electron chi connectivity index (χ3n) is 2.87. The van der Waals surface area contributed by atoms with Gasteiger partial charge < -0.3 is 9.84 Å². The van der Waals surface area contributed by atoms with E-state index in [0.29, 0.717) is 5.56 Å². The summed E-state index contributed by atoms with van der Waals surface area (Å²) in [5.74, 6) is -0.639. The van der Waals surface area contributed by atoms with Crippen molar-refractivity contribution in [2.24, 2.45) is 0 Å². The summed E-state index contributed by atoms with van der Waals surface area (Å²) in [7, 11) is 0. The van der Waals surface area contributed by atoms with E-state index in [9.17, 15) is 20.0 Å². The minimum Gasteiger partial charge on any atom is -0.459 e. The molecule has 1 atom stereocenters. The maximum atomic E-state index is 11.8. The van der Waals surface area contributed by atoms with Crippen LogP contribution >= 0.6 is 0 Å². The maximum absolute atomic E-state index is 11.8. The molecule has 0 heterocycles. The molecule has 1 N–H and O–H groups in total. The molecular formula is C15H13NO5. The molecule has 6 heteroatoms. The van der Waals surface area contributed by atoms with Gasteiger partial charge in [0.25, 0.3) is 5.69 Å². The van der Waals surface area contributed by atoms with Gasteiger partial charge in [0.2, 0.25) is 0 Å². The van der Waals surface area contributed by atoms with Crippen LogP contribution in [0.4, 0.5) is 5.69 Å². The van der Waals surface area contributed by atoms with Crippen LogP contribution in [0.3, 0.4) is 0 Å².